The number of nitrogens with one attached hydrogen (secondary N) is 2. The molecule has 172 valence electrons. The van der Waals surface area contributed by atoms with E-state index in [9.17, 15) is 0 Å². The van der Waals surface area contributed by atoms with E-state index in [1.165, 1.54) is 18.4 Å². The van der Waals surface area contributed by atoms with Gasteiger partial charge in [0.1, 0.15) is 12.4 Å². The van der Waals surface area contributed by atoms with E-state index in [0.29, 0.717) is 25.7 Å². The Balaban J connectivity index is 0.00000450. The maximum absolute atomic E-state index is 5.88. The van der Waals surface area contributed by atoms with Gasteiger partial charge in [-0.3, -0.25) is 4.99 Å². The average molecular weight is 534 g/mol. The van der Waals surface area contributed by atoms with Crippen LogP contribution in [-0.4, -0.2) is 78.1 Å². The van der Waals surface area contributed by atoms with Crippen molar-refractivity contribution < 1.29 is 14.2 Å². The minimum Gasteiger partial charge on any atom is -0.491 e. The topological polar surface area (TPSA) is 67.4 Å². The highest BCUT2D eigenvalue weighted by Gasteiger charge is 2.19. The maximum atomic E-state index is 5.88. The Morgan fingerprint density at radius 1 is 1.10 bits per heavy atom. The lowest BCUT2D eigenvalue weighted by Crippen LogP contribution is -2.43. The number of nitrogens with zero attached hydrogens (tertiary/aromatic N) is 2. The number of ether oxygens (including phenoxy) is 3. The molecule has 2 N–H and O–H groups in total. The summed E-state index contributed by atoms with van der Waals surface area (Å²) in [6, 6.07) is 6.28. The van der Waals surface area contributed by atoms with Crippen LogP contribution in [0.3, 0.4) is 0 Å². The highest BCUT2D eigenvalue weighted by molar-refractivity contribution is 14.0. The summed E-state index contributed by atoms with van der Waals surface area (Å²) in [7, 11) is 5.26. The summed E-state index contributed by atoms with van der Waals surface area (Å²) in [5.41, 5.74) is 2.29. The molecule has 0 amide bonds. The van der Waals surface area contributed by atoms with Gasteiger partial charge in [-0.05, 0) is 50.4 Å². The van der Waals surface area contributed by atoms with E-state index in [0.717, 1.165) is 50.1 Å². The number of guanidine groups is 1. The second-order valence-electron chi connectivity index (χ2n) is 7.54. The lowest BCUT2D eigenvalue weighted by molar-refractivity contribution is 0.121. The molecule has 0 saturated carbocycles. The standard InChI is InChI=1S/C22H38N4O3.HI/c1-18-5-6-20(21(15-18)29-14-13-28-4)17-25-22(23-2)24-16-19-7-9-26(10-8-19)11-12-27-3;/h5-6,15,19H,7-14,16-17H2,1-4H3,(H2,23,24,25);1H. The number of rotatable bonds is 11. The van der Waals surface area contributed by atoms with Crippen LogP contribution in [0.1, 0.15) is 24.0 Å². The van der Waals surface area contributed by atoms with Crippen LogP contribution in [0.5, 0.6) is 5.75 Å². The van der Waals surface area contributed by atoms with E-state index in [4.69, 9.17) is 14.2 Å². The zero-order chi connectivity index (χ0) is 20.9. The molecule has 0 atom stereocenters. The molecule has 0 bridgehead atoms. The number of benzene rings is 1. The Kier molecular flexibility index (Phi) is 14.1. The van der Waals surface area contributed by atoms with Gasteiger partial charge in [0, 0.05) is 46.5 Å². The van der Waals surface area contributed by atoms with Crippen molar-refractivity contribution in [2.45, 2.75) is 26.3 Å². The lowest BCUT2D eigenvalue weighted by atomic mass is 9.97. The Labute approximate surface area is 199 Å². The molecule has 1 aromatic carbocycles. The Bertz CT molecular complexity index is 622. The number of hydrogen-bond acceptors (Lipinski definition) is 5. The Morgan fingerprint density at radius 3 is 2.50 bits per heavy atom. The van der Waals surface area contributed by atoms with Gasteiger partial charge in [0.15, 0.2) is 5.96 Å². The monoisotopic (exact) mass is 534 g/mol. The summed E-state index contributed by atoms with van der Waals surface area (Å²) in [6.45, 7) is 8.95. The van der Waals surface area contributed by atoms with Crippen LogP contribution in [0.15, 0.2) is 23.2 Å². The van der Waals surface area contributed by atoms with Crippen LogP contribution in [0.4, 0.5) is 0 Å². The first kappa shape index (κ1) is 26.9. The van der Waals surface area contributed by atoms with Gasteiger partial charge in [-0.2, -0.15) is 0 Å². The van der Waals surface area contributed by atoms with Crippen molar-refractivity contribution in [3.8, 4) is 5.75 Å². The molecule has 1 aliphatic rings. The molecule has 1 fully saturated rings. The van der Waals surface area contributed by atoms with Gasteiger partial charge < -0.3 is 29.7 Å². The van der Waals surface area contributed by atoms with Gasteiger partial charge in [-0.25, -0.2) is 0 Å². The van der Waals surface area contributed by atoms with Crippen molar-refractivity contribution in [1.29, 1.82) is 0 Å². The number of methoxy groups -OCH3 is 2. The SMILES string of the molecule is CN=C(NCc1ccc(C)cc1OCCOC)NCC1CCN(CCOC)CC1.I. The number of likely N-dealkylation sites (tertiary alicyclic amines) is 1. The van der Waals surface area contributed by atoms with Crippen molar-refractivity contribution in [3.05, 3.63) is 29.3 Å². The number of aliphatic imine (C=N–C) groups is 1. The zero-order valence-corrected chi connectivity index (χ0v) is 21.2. The summed E-state index contributed by atoms with van der Waals surface area (Å²) >= 11 is 0. The Morgan fingerprint density at radius 2 is 1.83 bits per heavy atom. The normalized spacial score (nSPS) is 15.5. The molecule has 0 radical (unpaired) electrons. The third kappa shape index (κ3) is 9.80. The summed E-state index contributed by atoms with van der Waals surface area (Å²) in [5.74, 6) is 2.41. The van der Waals surface area contributed by atoms with Gasteiger partial charge in [-0.1, -0.05) is 12.1 Å². The predicted octanol–water partition coefficient (Wildman–Crippen LogP) is 2.66. The largest absolute Gasteiger partial charge is 0.491 e. The molecule has 0 aliphatic carbocycles. The fourth-order valence-electron chi connectivity index (χ4n) is 3.45. The molecule has 8 heteroatoms. The fourth-order valence-corrected chi connectivity index (χ4v) is 3.45. The molecule has 0 aromatic heterocycles. The average Bonchev–Trinajstić information content (AvgIpc) is 2.74. The molecule has 0 spiro atoms. The second kappa shape index (κ2) is 15.7. The van der Waals surface area contributed by atoms with Crippen molar-refractivity contribution in [2.24, 2.45) is 10.9 Å². The molecule has 1 aromatic rings. The number of halogens is 1. The van der Waals surface area contributed by atoms with Crippen LogP contribution >= 0.6 is 24.0 Å². The molecule has 1 heterocycles. The highest BCUT2D eigenvalue weighted by Crippen LogP contribution is 2.20. The minimum atomic E-state index is 0. The summed E-state index contributed by atoms with van der Waals surface area (Å²) in [5, 5.41) is 6.90. The van der Waals surface area contributed by atoms with Crippen LogP contribution in [0.2, 0.25) is 0 Å². The highest BCUT2D eigenvalue weighted by atomic mass is 127. The maximum Gasteiger partial charge on any atom is 0.191 e. The quantitative estimate of drug-likeness (QED) is 0.197. The summed E-state index contributed by atoms with van der Waals surface area (Å²) in [6.07, 6.45) is 2.42. The molecular weight excluding hydrogens is 495 g/mol. The number of hydrogen-bond donors (Lipinski definition) is 2. The number of piperidine rings is 1. The lowest BCUT2D eigenvalue weighted by Gasteiger charge is -2.32. The van der Waals surface area contributed by atoms with Gasteiger partial charge in [0.25, 0.3) is 0 Å². The first-order chi connectivity index (χ1) is 14.2. The summed E-state index contributed by atoms with van der Waals surface area (Å²) < 4.78 is 16.1. The van der Waals surface area contributed by atoms with E-state index >= 15 is 0 Å². The molecular formula is C22H39IN4O3. The third-order valence-corrected chi connectivity index (χ3v) is 5.31. The third-order valence-electron chi connectivity index (χ3n) is 5.31. The smallest absolute Gasteiger partial charge is 0.191 e. The van der Waals surface area contributed by atoms with Gasteiger partial charge in [-0.15, -0.1) is 24.0 Å². The molecule has 7 nitrogen and oxygen atoms in total. The van der Waals surface area contributed by atoms with E-state index in [2.05, 4.69) is 45.6 Å². The second-order valence-corrected chi connectivity index (χ2v) is 7.54. The molecule has 1 saturated heterocycles. The fraction of sp³-hybridized carbons (Fsp3) is 0.682. The van der Waals surface area contributed by atoms with Crippen molar-refractivity contribution in [3.63, 3.8) is 0 Å². The molecule has 2 rings (SSSR count). The van der Waals surface area contributed by atoms with E-state index < -0.39 is 0 Å². The predicted molar refractivity (Wildman–Crippen MR) is 133 cm³/mol. The van der Waals surface area contributed by atoms with Crippen LogP contribution in [0.25, 0.3) is 0 Å². The van der Waals surface area contributed by atoms with E-state index in [-0.39, 0.29) is 24.0 Å². The minimum absolute atomic E-state index is 0. The van der Waals surface area contributed by atoms with Crippen LogP contribution in [0, 0.1) is 12.8 Å². The van der Waals surface area contributed by atoms with Gasteiger partial charge >= 0.3 is 0 Å². The van der Waals surface area contributed by atoms with Gasteiger partial charge in [0.05, 0.1) is 13.2 Å². The Hall–Kier alpha value is -1.10. The molecule has 0 unspecified atom stereocenters. The zero-order valence-electron chi connectivity index (χ0n) is 18.9. The van der Waals surface area contributed by atoms with Crippen LogP contribution < -0.4 is 15.4 Å². The van der Waals surface area contributed by atoms with E-state index in [1.807, 2.05) is 7.05 Å². The first-order valence-electron chi connectivity index (χ1n) is 10.5. The van der Waals surface area contributed by atoms with E-state index in [1.54, 1.807) is 14.2 Å². The van der Waals surface area contributed by atoms with Gasteiger partial charge in [0.2, 0.25) is 0 Å². The van der Waals surface area contributed by atoms with Crippen molar-refractivity contribution in [2.75, 3.05) is 67.3 Å². The first-order valence-corrected chi connectivity index (χ1v) is 10.5. The molecule has 30 heavy (non-hydrogen) atoms. The summed E-state index contributed by atoms with van der Waals surface area (Å²) in [4.78, 5) is 6.85. The van der Waals surface area contributed by atoms with Crippen molar-refractivity contribution >= 4 is 29.9 Å². The van der Waals surface area contributed by atoms with Crippen LogP contribution in [-0.2, 0) is 16.0 Å². The van der Waals surface area contributed by atoms with Crippen molar-refractivity contribution in [1.82, 2.24) is 15.5 Å². The number of aryl methyl sites for hydroxylation is 1. The molecule has 1 aliphatic heterocycles.